The molecule has 0 aliphatic carbocycles. The number of aliphatic imine (C=N–C) groups is 1. The fourth-order valence-electron chi connectivity index (χ4n) is 0.383. The van der Waals surface area contributed by atoms with Crippen molar-refractivity contribution >= 4 is 16.2 Å². The van der Waals surface area contributed by atoms with Gasteiger partial charge in [0.15, 0.2) is 0 Å². The number of sulfonamides is 1. The molecule has 0 saturated carbocycles. The van der Waals surface area contributed by atoms with E-state index in [0.29, 0.717) is 0 Å². The third kappa shape index (κ3) is 4.86. The second-order valence-electron chi connectivity index (χ2n) is 2.51. The smallest absolute Gasteiger partial charge is 0.252 e. The van der Waals surface area contributed by atoms with Gasteiger partial charge in [0.2, 0.25) is 0 Å². The third-order valence-corrected chi connectivity index (χ3v) is 1.74. The van der Waals surface area contributed by atoms with E-state index in [1.807, 2.05) is 13.8 Å². The molecule has 5 nitrogen and oxygen atoms in total. The lowest BCUT2D eigenvalue weighted by Gasteiger charge is -1.94. The Balaban J connectivity index is 4.41. The van der Waals surface area contributed by atoms with Gasteiger partial charge >= 0.3 is 0 Å². The van der Waals surface area contributed by atoms with Gasteiger partial charge in [-0.05, 0) is 19.9 Å². The Morgan fingerprint density at radius 2 is 2.00 bits per heavy atom. The molecular weight excluding hydrogens is 178 g/mol. The third-order valence-electron chi connectivity index (χ3n) is 0.952. The Morgan fingerprint density at radius 1 is 1.50 bits per heavy atom. The minimum atomic E-state index is -3.75. The van der Waals surface area contributed by atoms with Gasteiger partial charge in [0.25, 0.3) is 10.0 Å². The molecular formula is C6H13N3O2S. The summed E-state index contributed by atoms with van der Waals surface area (Å²) >= 11 is 0. The van der Waals surface area contributed by atoms with E-state index < -0.39 is 10.0 Å². The second-order valence-corrected chi connectivity index (χ2v) is 4.07. The van der Waals surface area contributed by atoms with Crippen molar-refractivity contribution in [2.24, 2.45) is 15.9 Å². The molecule has 0 atom stereocenters. The maximum absolute atomic E-state index is 10.5. The van der Waals surface area contributed by atoms with E-state index in [1.54, 1.807) is 0 Å². The van der Waals surface area contributed by atoms with E-state index >= 15 is 0 Å². The summed E-state index contributed by atoms with van der Waals surface area (Å²) in [6.07, 6.45) is 2.49. The number of hydrogen-bond acceptors (Lipinski definition) is 4. The minimum Gasteiger partial charge on any atom is -0.388 e. The zero-order valence-electron chi connectivity index (χ0n) is 7.06. The van der Waals surface area contributed by atoms with Gasteiger partial charge < -0.3 is 5.73 Å². The fourth-order valence-corrected chi connectivity index (χ4v) is 0.634. The Morgan fingerprint density at radius 3 is 2.33 bits per heavy atom. The molecule has 0 unspecified atom stereocenters. The molecule has 12 heavy (non-hydrogen) atoms. The van der Waals surface area contributed by atoms with Crippen LogP contribution >= 0.6 is 0 Å². The molecule has 0 aliphatic rings. The summed E-state index contributed by atoms with van der Waals surface area (Å²) in [5.41, 5.74) is 5.09. The van der Waals surface area contributed by atoms with Crippen LogP contribution in [0.4, 0.5) is 0 Å². The SMILES string of the molecule is CC(C)N=CC=C(N)S(N)(=O)=O. The highest BCUT2D eigenvalue weighted by molar-refractivity contribution is 7.93. The van der Waals surface area contributed by atoms with Crippen LogP contribution in [-0.4, -0.2) is 20.7 Å². The molecule has 6 heteroatoms. The Labute approximate surface area is 72.2 Å². The lowest BCUT2D eigenvalue weighted by Crippen LogP contribution is -2.20. The van der Waals surface area contributed by atoms with E-state index in [2.05, 4.69) is 4.99 Å². The van der Waals surface area contributed by atoms with Crippen LogP contribution in [-0.2, 0) is 10.0 Å². The van der Waals surface area contributed by atoms with Crippen molar-refractivity contribution in [3.63, 3.8) is 0 Å². The van der Waals surface area contributed by atoms with Crippen LogP contribution < -0.4 is 10.9 Å². The van der Waals surface area contributed by atoms with Crippen LogP contribution in [0.2, 0.25) is 0 Å². The van der Waals surface area contributed by atoms with Crippen molar-refractivity contribution in [2.45, 2.75) is 19.9 Å². The van der Waals surface area contributed by atoms with Crippen LogP contribution in [0.25, 0.3) is 0 Å². The maximum atomic E-state index is 10.5. The molecule has 0 aliphatic heterocycles. The Kier molecular flexibility index (Phi) is 3.91. The average Bonchev–Trinajstić information content (AvgIpc) is 1.84. The van der Waals surface area contributed by atoms with Crippen molar-refractivity contribution < 1.29 is 8.42 Å². The highest BCUT2D eigenvalue weighted by atomic mass is 32.2. The molecule has 0 spiro atoms. The molecule has 0 fully saturated rings. The number of hydrogen-bond donors (Lipinski definition) is 2. The van der Waals surface area contributed by atoms with E-state index in [9.17, 15) is 8.42 Å². The highest BCUT2D eigenvalue weighted by Gasteiger charge is 2.04. The molecule has 0 rings (SSSR count). The van der Waals surface area contributed by atoms with Gasteiger partial charge in [0, 0.05) is 12.3 Å². The van der Waals surface area contributed by atoms with Gasteiger partial charge in [-0.1, -0.05) is 0 Å². The summed E-state index contributed by atoms with van der Waals surface area (Å²) in [5, 5.41) is 4.33. The molecule has 0 aromatic rings. The predicted octanol–water partition coefficient (Wildman–Crippen LogP) is -0.446. The van der Waals surface area contributed by atoms with Crippen LogP contribution in [0.15, 0.2) is 16.1 Å². The lowest BCUT2D eigenvalue weighted by atomic mass is 10.4. The molecule has 0 aromatic heterocycles. The number of nitrogens with zero attached hydrogens (tertiary/aromatic N) is 1. The first kappa shape index (κ1) is 11.1. The molecule has 0 amide bonds. The molecule has 0 saturated heterocycles. The first-order valence-electron chi connectivity index (χ1n) is 3.35. The molecule has 70 valence electrons. The van der Waals surface area contributed by atoms with E-state index in [1.165, 1.54) is 6.21 Å². The molecule has 0 radical (unpaired) electrons. The highest BCUT2D eigenvalue weighted by Crippen LogP contribution is 1.90. The monoisotopic (exact) mass is 191 g/mol. The average molecular weight is 191 g/mol. The summed E-state index contributed by atoms with van der Waals surface area (Å²) in [7, 11) is -3.75. The zero-order chi connectivity index (χ0) is 9.78. The molecule has 4 N–H and O–H groups in total. The number of allylic oxidation sites excluding steroid dienone is 1. The van der Waals surface area contributed by atoms with E-state index in [0.717, 1.165) is 6.08 Å². The quantitative estimate of drug-likeness (QED) is 0.591. The second kappa shape index (κ2) is 4.22. The lowest BCUT2D eigenvalue weighted by molar-refractivity contribution is 0.603. The molecule has 0 heterocycles. The van der Waals surface area contributed by atoms with Gasteiger partial charge in [0.05, 0.1) is 0 Å². The standard InChI is InChI=1S/C6H13N3O2S/c1-5(2)9-4-3-6(7)12(8,10)11/h3-5H,7H2,1-2H3,(H2,8,10,11). The topological polar surface area (TPSA) is 98.5 Å². The fraction of sp³-hybridized carbons (Fsp3) is 0.500. The van der Waals surface area contributed by atoms with Crippen molar-refractivity contribution in [3.05, 3.63) is 11.1 Å². The van der Waals surface area contributed by atoms with Crippen LogP contribution in [0.3, 0.4) is 0 Å². The number of primary sulfonamides is 1. The van der Waals surface area contributed by atoms with Gasteiger partial charge in [-0.2, -0.15) is 0 Å². The normalized spacial score (nSPS) is 14.5. The Bertz CT molecular complexity index is 290. The van der Waals surface area contributed by atoms with Gasteiger partial charge in [-0.3, -0.25) is 4.99 Å². The van der Waals surface area contributed by atoms with Crippen molar-refractivity contribution in [1.29, 1.82) is 0 Å². The predicted molar refractivity (Wildman–Crippen MR) is 49.0 cm³/mol. The summed E-state index contributed by atoms with van der Waals surface area (Å²) < 4.78 is 21.1. The molecule has 0 bridgehead atoms. The summed E-state index contributed by atoms with van der Waals surface area (Å²) in [5.74, 6) is 0. The first-order chi connectivity index (χ1) is 5.34. The van der Waals surface area contributed by atoms with Gasteiger partial charge in [-0.15, -0.1) is 0 Å². The maximum Gasteiger partial charge on any atom is 0.252 e. The summed E-state index contributed by atoms with van der Waals surface area (Å²) in [6, 6.07) is 0.106. The number of nitrogens with two attached hydrogens (primary N) is 2. The van der Waals surface area contributed by atoms with Crippen molar-refractivity contribution in [3.8, 4) is 0 Å². The zero-order valence-corrected chi connectivity index (χ0v) is 7.88. The summed E-state index contributed by atoms with van der Waals surface area (Å²) in [6.45, 7) is 3.72. The van der Waals surface area contributed by atoms with E-state index in [-0.39, 0.29) is 11.1 Å². The van der Waals surface area contributed by atoms with E-state index in [4.69, 9.17) is 10.9 Å². The van der Waals surface area contributed by atoms with Crippen LogP contribution in [0.5, 0.6) is 0 Å². The molecule has 0 aromatic carbocycles. The summed E-state index contributed by atoms with van der Waals surface area (Å²) in [4.78, 5) is 3.88. The van der Waals surface area contributed by atoms with Crippen LogP contribution in [0.1, 0.15) is 13.8 Å². The number of rotatable bonds is 3. The largest absolute Gasteiger partial charge is 0.388 e. The first-order valence-corrected chi connectivity index (χ1v) is 4.90. The van der Waals surface area contributed by atoms with Gasteiger partial charge in [-0.25, -0.2) is 13.6 Å². The Hall–Kier alpha value is -0.880. The van der Waals surface area contributed by atoms with Crippen LogP contribution in [0, 0.1) is 0 Å². The van der Waals surface area contributed by atoms with Gasteiger partial charge in [0.1, 0.15) is 5.03 Å². The minimum absolute atomic E-state index is 0.106. The van der Waals surface area contributed by atoms with Crippen molar-refractivity contribution in [1.82, 2.24) is 0 Å². The van der Waals surface area contributed by atoms with Crippen molar-refractivity contribution in [2.75, 3.05) is 0 Å².